The average molecular weight is 387 g/mol. The van der Waals surface area contributed by atoms with Crippen LogP contribution in [-0.4, -0.2) is 25.0 Å². The van der Waals surface area contributed by atoms with Gasteiger partial charge in [-0.25, -0.2) is 8.42 Å². The maximum absolute atomic E-state index is 13.2. The van der Waals surface area contributed by atoms with E-state index in [1.54, 1.807) is 0 Å². The van der Waals surface area contributed by atoms with Crippen LogP contribution >= 0.6 is 11.6 Å². The van der Waals surface area contributed by atoms with Gasteiger partial charge < -0.3 is 5.32 Å². The summed E-state index contributed by atoms with van der Waals surface area (Å²) in [6, 6.07) is 8.86. The predicted octanol–water partition coefficient (Wildman–Crippen LogP) is 2.94. The first-order valence-electron chi connectivity index (χ1n) is 6.85. The van der Waals surface area contributed by atoms with Crippen LogP contribution in [0.25, 0.3) is 0 Å². The molecule has 0 saturated carbocycles. The van der Waals surface area contributed by atoms with Gasteiger partial charge in [0.2, 0.25) is 11.7 Å². The summed E-state index contributed by atoms with van der Waals surface area (Å²) in [5, 5.41) is 13.3. The molecule has 0 aliphatic carbocycles. The number of carbonyl (C=O) groups is 1. The molecule has 25 heavy (non-hydrogen) atoms. The van der Waals surface area contributed by atoms with Crippen LogP contribution in [0.15, 0.2) is 42.5 Å². The molecule has 0 aliphatic heterocycles. The first-order chi connectivity index (χ1) is 11.7. The third-order valence-electron chi connectivity index (χ3n) is 3.08. The van der Waals surface area contributed by atoms with Gasteiger partial charge in [-0.05, 0) is 29.8 Å². The summed E-state index contributed by atoms with van der Waals surface area (Å²) in [6.45, 7) is 0. The number of nitro benzene ring substituents is 1. The van der Waals surface area contributed by atoms with Crippen LogP contribution in [0, 0.1) is 15.9 Å². The number of rotatable bonds is 6. The maximum atomic E-state index is 13.2. The molecule has 0 saturated heterocycles. The van der Waals surface area contributed by atoms with Gasteiger partial charge >= 0.3 is 5.69 Å². The molecule has 0 spiro atoms. The fourth-order valence-corrected chi connectivity index (χ4v) is 3.41. The molecule has 2 aromatic carbocycles. The smallest absolute Gasteiger partial charge is 0.306 e. The zero-order chi connectivity index (χ0) is 18.6. The van der Waals surface area contributed by atoms with E-state index in [1.807, 2.05) is 0 Å². The number of sulfone groups is 1. The number of nitrogens with zero attached hydrogens (tertiary/aromatic N) is 1. The van der Waals surface area contributed by atoms with E-state index in [4.69, 9.17) is 11.6 Å². The number of nitrogens with one attached hydrogen (secondary N) is 1. The van der Waals surface area contributed by atoms with Crippen LogP contribution in [0.1, 0.15) is 5.56 Å². The van der Waals surface area contributed by atoms with E-state index in [0.29, 0.717) is 10.6 Å². The van der Waals surface area contributed by atoms with E-state index in [0.717, 1.165) is 18.2 Å². The third kappa shape index (κ3) is 5.50. The fourth-order valence-electron chi connectivity index (χ4n) is 2.01. The Bertz CT molecular complexity index is 916. The Morgan fingerprint density at radius 3 is 2.44 bits per heavy atom. The highest BCUT2D eigenvalue weighted by atomic mass is 35.5. The zero-order valence-corrected chi connectivity index (χ0v) is 14.2. The molecule has 0 unspecified atom stereocenters. The summed E-state index contributed by atoms with van der Waals surface area (Å²) >= 11 is 5.72. The van der Waals surface area contributed by atoms with Gasteiger partial charge in [-0.1, -0.05) is 23.7 Å². The van der Waals surface area contributed by atoms with Gasteiger partial charge in [-0.3, -0.25) is 14.9 Å². The topological polar surface area (TPSA) is 106 Å². The molecule has 10 heteroatoms. The highest BCUT2D eigenvalue weighted by Gasteiger charge is 2.19. The number of anilines is 1. The summed E-state index contributed by atoms with van der Waals surface area (Å²) in [7, 11) is -3.76. The quantitative estimate of drug-likeness (QED) is 0.606. The summed E-state index contributed by atoms with van der Waals surface area (Å²) in [5.74, 6) is -3.12. The lowest BCUT2D eigenvalue weighted by Crippen LogP contribution is -2.24. The zero-order valence-electron chi connectivity index (χ0n) is 12.6. The Hall–Kier alpha value is -2.52. The largest absolute Gasteiger partial charge is 0.325 e. The van der Waals surface area contributed by atoms with E-state index < -0.39 is 37.9 Å². The monoisotopic (exact) mass is 386 g/mol. The summed E-state index contributed by atoms with van der Waals surface area (Å²) in [5.41, 5.74) is -0.420. The highest BCUT2D eigenvalue weighted by molar-refractivity contribution is 7.91. The molecule has 1 N–H and O–H groups in total. The molecule has 2 rings (SSSR count). The molecule has 0 aliphatic rings. The normalized spacial score (nSPS) is 11.1. The molecule has 1 amide bonds. The minimum atomic E-state index is -3.76. The van der Waals surface area contributed by atoms with Gasteiger partial charge in [-0.2, -0.15) is 4.39 Å². The van der Waals surface area contributed by atoms with Crippen molar-refractivity contribution in [1.29, 1.82) is 0 Å². The van der Waals surface area contributed by atoms with E-state index in [1.165, 1.54) is 24.3 Å². The van der Waals surface area contributed by atoms with Gasteiger partial charge in [0.05, 0.1) is 10.7 Å². The number of benzene rings is 2. The Morgan fingerprint density at radius 1 is 1.20 bits per heavy atom. The van der Waals surface area contributed by atoms with Gasteiger partial charge in [0.25, 0.3) is 0 Å². The molecule has 132 valence electrons. The van der Waals surface area contributed by atoms with E-state index in [-0.39, 0.29) is 11.4 Å². The van der Waals surface area contributed by atoms with Crippen LogP contribution in [0.5, 0.6) is 0 Å². The number of carbonyl (C=O) groups excluding carboxylic acids is 1. The molecule has 0 heterocycles. The predicted molar refractivity (Wildman–Crippen MR) is 90.6 cm³/mol. The van der Waals surface area contributed by atoms with Crippen molar-refractivity contribution in [3.8, 4) is 0 Å². The van der Waals surface area contributed by atoms with Gasteiger partial charge in [0.15, 0.2) is 9.84 Å². The van der Waals surface area contributed by atoms with Crippen molar-refractivity contribution in [2.75, 3.05) is 11.1 Å². The first kappa shape index (κ1) is 18.8. The number of hydrogen-bond acceptors (Lipinski definition) is 5. The van der Waals surface area contributed by atoms with Crippen LogP contribution in [-0.2, 0) is 20.4 Å². The lowest BCUT2D eigenvalue weighted by Gasteiger charge is -2.07. The van der Waals surface area contributed by atoms with E-state index in [2.05, 4.69) is 5.32 Å². The molecule has 0 atom stereocenters. The van der Waals surface area contributed by atoms with Crippen molar-refractivity contribution >= 4 is 38.7 Å². The summed E-state index contributed by atoms with van der Waals surface area (Å²) in [4.78, 5) is 21.6. The molecular formula is C15H12ClFN2O5S. The average Bonchev–Trinajstić information content (AvgIpc) is 2.50. The standard InChI is InChI=1S/C15H12ClFN2O5S/c16-11-3-1-10(2-4-11)8-25(23,24)9-15(20)18-12-5-6-13(17)14(7-12)19(21)22/h1-7H,8-9H2,(H,18,20). The summed E-state index contributed by atoms with van der Waals surface area (Å²) < 4.78 is 37.3. The number of nitro groups is 1. The van der Waals surface area contributed by atoms with Crippen molar-refractivity contribution < 1.29 is 22.5 Å². The van der Waals surface area contributed by atoms with Crippen LogP contribution < -0.4 is 5.32 Å². The van der Waals surface area contributed by atoms with Crippen molar-refractivity contribution in [1.82, 2.24) is 0 Å². The third-order valence-corrected chi connectivity index (χ3v) is 4.80. The second-order valence-corrected chi connectivity index (χ2v) is 7.63. The van der Waals surface area contributed by atoms with Crippen molar-refractivity contribution in [2.24, 2.45) is 0 Å². The summed E-state index contributed by atoms with van der Waals surface area (Å²) in [6.07, 6.45) is 0. The second-order valence-electron chi connectivity index (χ2n) is 5.13. The Balaban J connectivity index is 2.05. The second kappa shape index (κ2) is 7.58. The number of amides is 1. The Labute approximate surface area is 147 Å². The van der Waals surface area contributed by atoms with Gasteiger partial charge in [0.1, 0.15) is 5.75 Å². The number of halogens is 2. The fraction of sp³-hybridized carbons (Fsp3) is 0.133. The van der Waals surface area contributed by atoms with Gasteiger partial charge in [0, 0.05) is 16.8 Å². The minimum absolute atomic E-state index is 0.0696. The lowest BCUT2D eigenvalue weighted by atomic mass is 10.2. The Kier molecular flexibility index (Phi) is 5.70. The lowest BCUT2D eigenvalue weighted by molar-refractivity contribution is -0.387. The Morgan fingerprint density at radius 2 is 1.84 bits per heavy atom. The van der Waals surface area contributed by atoms with E-state index in [9.17, 15) is 27.7 Å². The minimum Gasteiger partial charge on any atom is -0.325 e. The van der Waals surface area contributed by atoms with Gasteiger partial charge in [-0.15, -0.1) is 0 Å². The SMILES string of the molecule is O=C(CS(=O)(=O)Cc1ccc(Cl)cc1)Nc1ccc(F)c([N+](=O)[O-])c1. The van der Waals surface area contributed by atoms with Crippen molar-refractivity contribution in [3.63, 3.8) is 0 Å². The highest BCUT2D eigenvalue weighted by Crippen LogP contribution is 2.21. The molecule has 0 aromatic heterocycles. The molecule has 2 aromatic rings. The van der Waals surface area contributed by atoms with Crippen LogP contribution in [0.2, 0.25) is 5.02 Å². The number of hydrogen-bond donors (Lipinski definition) is 1. The van der Waals surface area contributed by atoms with Crippen LogP contribution in [0.3, 0.4) is 0 Å². The molecule has 0 fully saturated rings. The van der Waals surface area contributed by atoms with E-state index >= 15 is 0 Å². The maximum Gasteiger partial charge on any atom is 0.306 e. The van der Waals surface area contributed by atoms with Crippen molar-refractivity contribution in [2.45, 2.75) is 5.75 Å². The molecule has 0 bridgehead atoms. The van der Waals surface area contributed by atoms with Crippen LogP contribution in [0.4, 0.5) is 15.8 Å². The van der Waals surface area contributed by atoms with Crippen molar-refractivity contribution in [3.05, 3.63) is 69.0 Å². The molecular weight excluding hydrogens is 375 g/mol. The molecule has 0 radical (unpaired) electrons. The molecule has 7 nitrogen and oxygen atoms in total. The first-order valence-corrected chi connectivity index (χ1v) is 9.05.